The zero-order valence-corrected chi connectivity index (χ0v) is 21.7. The summed E-state index contributed by atoms with van der Waals surface area (Å²) in [4.78, 5) is 13.5. The highest BCUT2D eigenvalue weighted by atomic mass is 79.9. The van der Waals surface area contributed by atoms with Gasteiger partial charge in [-0.05, 0) is 52.4 Å². The van der Waals surface area contributed by atoms with Crippen molar-refractivity contribution < 1.29 is 9.53 Å². The van der Waals surface area contributed by atoms with E-state index in [9.17, 15) is 4.79 Å². The van der Waals surface area contributed by atoms with Gasteiger partial charge in [-0.2, -0.15) is 9.61 Å². The highest BCUT2D eigenvalue weighted by Crippen LogP contribution is 2.32. The topological polar surface area (TPSA) is 93.4 Å². The van der Waals surface area contributed by atoms with Crippen LogP contribution < -0.4 is 15.4 Å². The van der Waals surface area contributed by atoms with Crippen molar-refractivity contribution in [2.45, 2.75) is 13.3 Å². The van der Waals surface area contributed by atoms with E-state index in [0.29, 0.717) is 15.8 Å². The molecule has 0 spiro atoms. The van der Waals surface area contributed by atoms with Crippen LogP contribution in [0.2, 0.25) is 0 Å². The van der Waals surface area contributed by atoms with Crippen molar-refractivity contribution in [1.82, 2.24) is 25.1 Å². The largest absolute Gasteiger partial charge is 0.495 e. The van der Waals surface area contributed by atoms with Crippen molar-refractivity contribution in [3.05, 3.63) is 56.7 Å². The number of halogens is 2. The first kappa shape index (κ1) is 22.8. The van der Waals surface area contributed by atoms with Crippen molar-refractivity contribution in [3.63, 3.8) is 0 Å². The van der Waals surface area contributed by atoms with Crippen LogP contribution in [0.1, 0.15) is 23.1 Å². The molecule has 0 aliphatic carbocycles. The summed E-state index contributed by atoms with van der Waals surface area (Å²) in [5.41, 5.74) is 1.97. The number of carbonyl (C=O) groups excluding carboxylic acids is 1. The number of amides is 1. The van der Waals surface area contributed by atoms with Gasteiger partial charge in [-0.15, -0.1) is 10.2 Å². The molecule has 2 aromatic heterocycles. The third-order valence-corrected chi connectivity index (χ3v) is 6.62. The minimum Gasteiger partial charge on any atom is -0.495 e. The maximum atomic E-state index is 12.8. The average Bonchev–Trinajstić information content (AvgIpc) is 3.34. The normalized spacial score (nSPS) is 10.9. The average molecular weight is 596 g/mol. The molecule has 2 heterocycles. The van der Waals surface area contributed by atoms with Gasteiger partial charge in [0.15, 0.2) is 10.9 Å². The summed E-state index contributed by atoms with van der Waals surface area (Å²) >= 11 is 13.6. The summed E-state index contributed by atoms with van der Waals surface area (Å²) < 4.78 is 8.49. The molecule has 0 fully saturated rings. The zero-order chi connectivity index (χ0) is 22.8. The van der Waals surface area contributed by atoms with E-state index in [1.54, 1.807) is 16.6 Å². The Morgan fingerprint density at radius 1 is 1.25 bits per heavy atom. The number of carbonyl (C=O) groups is 1. The number of thiocarbonyl (C=S) groups is 1. The van der Waals surface area contributed by atoms with Crippen molar-refractivity contribution in [1.29, 1.82) is 0 Å². The van der Waals surface area contributed by atoms with E-state index in [-0.39, 0.29) is 5.11 Å². The highest BCUT2D eigenvalue weighted by molar-refractivity contribution is 9.11. The minimum absolute atomic E-state index is 0.164. The fourth-order valence-electron chi connectivity index (χ4n) is 2.99. The second-order valence-corrected chi connectivity index (χ2v) is 9.66. The summed E-state index contributed by atoms with van der Waals surface area (Å²) in [7, 11) is 1.50. The molecular weight excluding hydrogens is 580 g/mol. The molecule has 0 atom stereocenters. The van der Waals surface area contributed by atoms with Crippen molar-refractivity contribution in [2.75, 3.05) is 12.4 Å². The molecule has 32 heavy (non-hydrogen) atoms. The fourth-order valence-corrected chi connectivity index (χ4v) is 5.45. The molecule has 0 saturated carbocycles. The number of aromatic nitrogens is 4. The van der Waals surface area contributed by atoms with Gasteiger partial charge < -0.3 is 10.1 Å². The Balaban J connectivity index is 1.50. The number of ether oxygens (including phenoxy) is 1. The second kappa shape index (κ2) is 9.61. The first-order valence-corrected chi connectivity index (χ1v) is 12.2. The van der Waals surface area contributed by atoms with Crippen LogP contribution in [0.15, 0.2) is 45.3 Å². The summed E-state index contributed by atoms with van der Waals surface area (Å²) in [6.45, 7) is 2.01. The lowest BCUT2D eigenvalue weighted by Gasteiger charge is -2.13. The molecule has 0 unspecified atom stereocenters. The van der Waals surface area contributed by atoms with Crippen molar-refractivity contribution in [3.8, 4) is 16.3 Å². The number of rotatable bonds is 5. The van der Waals surface area contributed by atoms with Gasteiger partial charge in [0.25, 0.3) is 5.91 Å². The quantitative estimate of drug-likeness (QED) is 0.311. The van der Waals surface area contributed by atoms with E-state index in [2.05, 4.69) is 57.8 Å². The summed E-state index contributed by atoms with van der Waals surface area (Å²) in [5, 5.41) is 19.6. The number of nitrogens with zero attached hydrogens (tertiary/aromatic N) is 4. The van der Waals surface area contributed by atoms with E-state index < -0.39 is 5.91 Å². The third-order valence-electron chi connectivity index (χ3n) is 4.42. The fraction of sp³-hybridized carbons (Fsp3) is 0.150. The number of benzene rings is 2. The number of hydrogen-bond acceptors (Lipinski definition) is 7. The van der Waals surface area contributed by atoms with Gasteiger partial charge in [-0.1, -0.05) is 46.3 Å². The van der Waals surface area contributed by atoms with Crippen LogP contribution in [0.3, 0.4) is 0 Å². The summed E-state index contributed by atoms with van der Waals surface area (Å²) in [6.07, 6.45) is 0.749. The van der Waals surface area contributed by atoms with E-state index in [0.717, 1.165) is 37.9 Å². The van der Waals surface area contributed by atoms with Gasteiger partial charge in [0.2, 0.25) is 4.96 Å². The first-order valence-electron chi connectivity index (χ1n) is 9.36. The summed E-state index contributed by atoms with van der Waals surface area (Å²) in [5.74, 6) is 0.846. The van der Waals surface area contributed by atoms with Crippen LogP contribution in [-0.4, -0.2) is 37.9 Å². The van der Waals surface area contributed by atoms with Gasteiger partial charge in [-0.25, -0.2) is 0 Å². The highest BCUT2D eigenvalue weighted by Gasteiger charge is 2.18. The van der Waals surface area contributed by atoms with E-state index in [1.807, 2.05) is 31.2 Å². The first-order chi connectivity index (χ1) is 15.4. The maximum Gasteiger partial charge on any atom is 0.261 e. The van der Waals surface area contributed by atoms with Crippen LogP contribution in [0.25, 0.3) is 15.5 Å². The van der Waals surface area contributed by atoms with Crippen LogP contribution in [0.4, 0.5) is 5.69 Å². The van der Waals surface area contributed by atoms with Crippen LogP contribution >= 0.6 is 55.4 Å². The molecule has 2 N–H and O–H groups in total. The molecular formula is C20H16Br2N6O2S2. The number of hydrogen-bond donors (Lipinski definition) is 2. The predicted molar refractivity (Wildman–Crippen MR) is 136 cm³/mol. The third kappa shape index (κ3) is 4.68. The van der Waals surface area contributed by atoms with Gasteiger partial charge in [0.1, 0.15) is 10.8 Å². The Morgan fingerprint density at radius 3 is 2.81 bits per heavy atom. The van der Waals surface area contributed by atoms with Gasteiger partial charge in [0.05, 0.1) is 17.1 Å². The molecule has 2 aromatic carbocycles. The smallest absolute Gasteiger partial charge is 0.261 e. The molecule has 0 radical (unpaired) electrons. The Bertz CT molecular complexity index is 1340. The molecule has 0 bridgehead atoms. The summed E-state index contributed by atoms with van der Waals surface area (Å²) in [6, 6.07) is 11.1. The lowest BCUT2D eigenvalue weighted by molar-refractivity contribution is 0.0974. The SMILES string of the molecule is CCc1nnc2sc(-c3cccc(NC(=S)NC(=O)c4cc(Br)cc(Br)c4OC)c3)nn12. The van der Waals surface area contributed by atoms with Crippen LogP contribution in [-0.2, 0) is 6.42 Å². The number of nitrogens with one attached hydrogen (secondary N) is 2. The van der Waals surface area contributed by atoms with E-state index in [4.69, 9.17) is 17.0 Å². The Kier molecular flexibility index (Phi) is 6.84. The molecule has 4 aromatic rings. The van der Waals surface area contributed by atoms with Crippen LogP contribution in [0.5, 0.6) is 5.75 Å². The van der Waals surface area contributed by atoms with E-state index in [1.165, 1.54) is 18.4 Å². The van der Waals surface area contributed by atoms with Gasteiger partial charge in [-0.3, -0.25) is 10.1 Å². The second-order valence-electron chi connectivity index (χ2n) is 6.53. The number of anilines is 1. The van der Waals surface area contributed by atoms with Gasteiger partial charge in [0, 0.05) is 22.1 Å². The molecule has 1 amide bonds. The van der Waals surface area contributed by atoms with Crippen molar-refractivity contribution >= 4 is 77.1 Å². The molecule has 0 saturated heterocycles. The van der Waals surface area contributed by atoms with Crippen molar-refractivity contribution in [2.24, 2.45) is 0 Å². The van der Waals surface area contributed by atoms with E-state index >= 15 is 0 Å². The number of aryl methyl sites for hydroxylation is 1. The Hall–Kier alpha value is -2.41. The molecule has 12 heteroatoms. The predicted octanol–water partition coefficient (Wildman–Crippen LogP) is 5.08. The lowest BCUT2D eigenvalue weighted by Crippen LogP contribution is -2.34. The standard InChI is InChI=1S/C20H16Br2N6O2S2/c1-3-15-25-26-20-28(15)27-18(32-20)10-5-4-6-12(7-10)23-19(31)24-17(29)13-8-11(21)9-14(22)16(13)30-2/h4-9H,3H2,1-2H3,(H2,23,24,29,31). The maximum absolute atomic E-state index is 12.8. The molecule has 164 valence electrons. The van der Waals surface area contributed by atoms with Crippen LogP contribution in [0, 0.1) is 0 Å². The zero-order valence-electron chi connectivity index (χ0n) is 16.8. The molecule has 4 rings (SSSR count). The molecule has 0 aliphatic heterocycles. The number of methoxy groups -OCH3 is 1. The lowest BCUT2D eigenvalue weighted by atomic mass is 10.2. The minimum atomic E-state index is -0.391. The molecule has 8 nitrogen and oxygen atoms in total. The Morgan fingerprint density at radius 2 is 2.06 bits per heavy atom. The number of fused-ring (bicyclic) bond motifs is 1. The Labute approximate surface area is 209 Å². The monoisotopic (exact) mass is 594 g/mol. The van der Waals surface area contributed by atoms with Gasteiger partial charge >= 0.3 is 0 Å². The molecule has 0 aliphatic rings.